The molecule has 0 saturated heterocycles. The minimum atomic E-state index is 0.724. The normalized spacial score (nSPS) is 11.9. The molecule has 5 heteroatoms. The predicted octanol–water partition coefficient (Wildman–Crippen LogP) is 15.2. The number of nitrogens with zero attached hydrogens (tertiary/aromatic N) is 4. The molecule has 0 radical (unpaired) electrons. The third kappa shape index (κ3) is 5.31. The Kier molecular flexibility index (Phi) is 7.44. The quantitative estimate of drug-likeness (QED) is 0.174. The van der Waals surface area contributed by atoms with Crippen molar-refractivity contribution in [3.05, 3.63) is 206 Å². The van der Waals surface area contributed by atoms with Crippen molar-refractivity contribution in [3.63, 3.8) is 0 Å². The molecule has 61 heavy (non-hydrogen) atoms. The summed E-state index contributed by atoms with van der Waals surface area (Å²) in [4.78, 5) is 10.1. The van der Waals surface area contributed by atoms with Crippen molar-refractivity contribution in [3.8, 4) is 45.1 Å². The van der Waals surface area contributed by atoms with Crippen LogP contribution >= 0.6 is 11.3 Å². The molecule has 284 valence electrons. The van der Waals surface area contributed by atoms with Crippen LogP contribution in [0.25, 0.3) is 120 Å². The van der Waals surface area contributed by atoms with Gasteiger partial charge in [0.2, 0.25) is 0 Å². The largest absolute Gasteiger partial charge is 0.309 e. The lowest BCUT2D eigenvalue weighted by Gasteiger charge is -2.11. The van der Waals surface area contributed by atoms with Crippen molar-refractivity contribution in [2.45, 2.75) is 0 Å². The van der Waals surface area contributed by atoms with Crippen molar-refractivity contribution < 1.29 is 0 Å². The Morgan fingerprint density at radius 2 is 0.787 bits per heavy atom. The van der Waals surface area contributed by atoms with Gasteiger partial charge in [0, 0.05) is 69.6 Å². The van der Waals surface area contributed by atoms with Crippen molar-refractivity contribution in [2.75, 3.05) is 0 Å². The minimum absolute atomic E-state index is 0.724. The van der Waals surface area contributed by atoms with Gasteiger partial charge >= 0.3 is 0 Å². The Morgan fingerprint density at radius 3 is 1.39 bits per heavy atom. The summed E-state index contributed by atoms with van der Waals surface area (Å²) in [7, 11) is 0. The van der Waals surface area contributed by atoms with Crippen LogP contribution in [0, 0.1) is 0 Å². The van der Waals surface area contributed by atoms with E-state index >= 15 is 0 Å². The average molecular weight is 795 g/mol. The van der Waals surface area contributed by atoms with Gasteiger partial charge in [-0.15, -0.1) is 11.3 Å². The first-order valence-electron chi connectivity index (χ1n) is 20.6. The number of rotatable bonds is 5. The monoisotopic (exact) mass is 794 g/mol. The molecule has 0 fully saturated rings. The van der Waals surface area contributed by atoms with Crippen LogP contribution in [0.5, 0.6) is 0 Å². The van der Waals surface area contributed by atoms with E-state index < -0.39 is 0 Å². The zero-order chi connectivity index (χ0) is 40.0. The Bertz CT molecular complexity index is 3840. The van der Waals surface area contributed by atoms with Crippen LogP contribution < -0.4 is 0 Å². The molecule has 4 heterocycles. The molecule has 0 saturated carbocycles. The number of thiophene rings is 1. The highest BCUT2D eigenvalue weighted by molar-refractivity contribution is 7.26. The van der Waals surface area contributed by atoms with E-state index in [9.17, 15) is 0 Å². The first-order valence-corrected chi connectivity index (χ1v) is 21.5. The van der Waals surface area contributed by atoms with E-state index in [1.165, 1.54) is 69.5 Å². The number of fused-ring (bicyclic) bond motifs is 10. The van der Waals surface area contributed by atoms with Gasteiger partial charge in [0.1, 0.15) is 0 Å². The molecule has 0 amide bonds. The van der Waals surface area contributed by atoms with Gasteiger partial charge in [-0.1, -0.05) is 140 Å². The highest BCUT2D eigenvalue weighted by atomic mass is 32.1. The van der Waals surface area contributed by atoms with Crippen molar-refractivity contribution in [1.29, 1.82) is 0 Å². The lowest BCUT2D eigenvalue weighted by molar-refractivity contribution is 1.18. The maximum Gasteiger partial charge on any atom is 0.160 e. The molecule has 0 atom stereocenters. The summed E-state index contributed by atoms with van der Waals surface area (Å²) >= 11 is 1.88. The molecule has 4 nitrogen and oxygen atoms in total. The molecule has 4 aromatic heterocycles. The van der Waals surface area contributed by atoms with Crippen LogP contribution in [0.1, 0.15) is 0 Å². The molecule has 13 rings (SSSR count). The zero-order valence-electron chi connectivity index (χ0n) is 32.8. The summed E-state index contributed by atoms with van der Waals surface area (Å²) in [5.74, 6) is 0.724. The van der Waals surface area contributed by atoms with Gasteiger partial charge in [-0.05, 0) is 77.9 Å². The Balaban J connectivity index is 0.898. The molecule has 0 aliphatic carbocycles. The van der Waals surface area contributed by atoms with Crippen molar-refractivity contribution in [2.24, 2.45) is 0 Å². The van der Waals surface area contributed by atoms with E-state index in [1.54, 1.807) is 0 Å². The molecule has 0 N–H and O–H groups in total. The maximum absolute atomic E-state index is 5.09. The molecule has 9 aromatic carbocycles. The average Bonchev–Trinajstić information content (AvgIpc) is 3.96. The predicted molar refractivity (Wildman–Crippen MR) is 257 cm³/mol. The van der Waals surface area contributed by atoms with Crippen LogP contribution in [0.15, 0.2) is 206 Å². The summed E-state index contributed by atoms with van der Waals surface area (Å²) in [6.07, 6.45) is 0. The molecular formula is C56H34N4S. The maximum atomic E-state index is 5.09. The first kappa shape index (κ1) is 34.0. The van der Waals surface area contributed by atoms with E-state index in [2.05, 4.69) is 197 Å². The number of benzene rings is 9. The molecule has 0 bridgehead atoms. The summed E-state index contributed by atoms with van der Waals surface area (Å²) < 4.78 is 7.42. The Hall–Kier alpha value is -7.86. The lowest BCUT2D eigenvalue weighted by Crippen LogP contribution is -1.95. The first-order chi connectivity index (χ1) is 30.2. The van der Waals surface area contributed by atoms with Gasteiger partial charge in [0.15, 0.2) is 5.82 Å². The van der Waals surface area contributed by atoms with E-state index in [1.807, 2.05) is 29.5 Å². The molecular weight excluding hydrogens is 761 g/mol. The number of aromatic nitrogens is 4. The standard InChI is InChI=1S/C56H34N4S/c1-3-13-37(14-4-1)55-43-19-7-10-20-48(43)57-56(58-55)38-25-23-35(24-26-38)36-27-29-40(30-28-36)60-50-22-12-9-18-42(50)45-32-47-46-31-44-41-17-8-11-21-49(41)59(39-15-5-2-6-16-39)51(44)33-53(46)61-54(47)34-52(45)60/h1-34H. The second-order valence-corrected chi connectivity index (χ2v) is 16.9. The fourth-order valence-electron chi connectivity index (χ4n) is 9.47. The summed E-state index contributed by atoms with van der Waals surface area (Å²) in [5.41, 5.74) is 13.5. The second-order valence-electron chi connectivity index (χ2n) is 15.8. The van der Waals surface area contributed by atoms with Gasteiger partial charge < -0.3 is 9.13 Å². The second kappa shape index (κ2) is 13.3. The van der Waals surface area contributed by atoms with E-state index in [4.69, 9.17) is 9.97 Å². The SMILES string of the molecule is c1ccc(-c2nc(-c3ccc(-c4ccc(-n5c6ccccc6c6cc7c(cc65)sc5cc6c(cc57)c5ccccc5n6-c5ccccc5)cc4)cc3)nc3ccccc23)cc1. The molecule has 0 spiro atoms. The highest BCUT2D eigenvalue weighted by Gasteiger charge is 2.19. The van der Waals surface area contributed by atoms with Gasteiger partial charge in [-0.25, -0.2) is 9.97 Å². The van der Waals surface area contributed by atoms with Gasteiger partial charge in [0.25, 0.3) is 0 Å². The number of para-hydroxylation sites is 4. The fourth-order valence-corrected chi connectivity index (χ4v) is 10.6. The van der Waals surface area contributed by atoms with Gasteiger partial charge in [-0.2, -0.15) is 0 Å². The molecule has 13 aromatic rings. The summed E-state index contributed by atoms with van der Waals surface area (Å²) in [5, 5.41) is 8.74. The van der Waals surface area contributed by atoms with Crippen LogP contribution in [0.2, 0.25) is 0 Å². The minimum Gasteiger partial charge on any atom is -0.309 e. The van der Waals surface area contributed by atoms with Crippen LogP contribution in [0.4, 0.5) is 0 Å². The summed E-state index contributed by atoms with van der Waals surface area (Å²) in [6.45, 7) is 0. The topological polar surface area (TPSA) is 35.6 Å². The third-order valence-electron chi connectivity index (χ3n) is 12.3. The number of hydrogen-bond donors (Lipinski definition) is 0. The fraction of sp³-hybridized carbons (Fsp3) is 0. The van der Waals surface area contributed by atoms with Gasteiger partial charge in [-0.3, -0.25) is 0 Å². The van der Waals surface area contributed by atoms with Crippen molar-refractivity contribution in [1.82, 2.24) is 19.1 Å². The van der Waals surface area contributed by atoms with Gasteiger partial charge in [0.05, 0.1) is 33.3 Å². The molecule has 0 unspecified atom stereocenters. The van der Waals surface area contributed by atoms with Crippen molar-refractivity contribution >= 4 is 86.0 Å². The third-order valence-corrected chi connectivity index (χ3v) is 13.4. The zero-order valence-corrected chi connectivity index (χ0v) is 33.6. The van der Waals surface area contributed by atoms with E-state index in [-0.39, 0.29) is 0 Å². The van der Waals surface area contributed by atoms with E-state index in [0.29, 0.717) is 0 Å². The smallest absolute Gasteiger partial charge is 0.160 e. The molecule has 0 aliphatic heterocycles. The Labute approximate surface area is 354 Å². The van der Waals surface area contributed by atoms with Crippen LogP contribution in [-0.4, -0.2) is 19.1 Å². The Morgan fingerprint density at radius 1 is 0.311 bits per heavy atom. The van der Waals surface area contributed by atoms with E-state index in [0.717, 1.165) is 50.4 Å². The summed E-state index contributed by atoms with van der Waals surface area (Å²) in [6, 6.07) is 74.2. The highest BCUT2D eigenvalue weighted by Crippen LogP contribution is 2.44. The lowest BCUT2D eigenvalue weighted by atomic mass is 10.0. The number of hydrogen-bond acceptors (Lipinski definition) is 3. The van der Waals surface area contributed by atoms with Crippen LogP contribution in [-0.2, 0) is 0 Å². The van der Waals surface area contributed by atoms with Crippen LogP contribution in [0.3, 0.4) is 0 Å². The molecule has 0 aliphatic rings.